The molecule has 0 N–H and O–H groups in total. The maximum absolute atomic E-state index is 14.8. The molecule has 0 aliphatic carbocycles. The van der Waals surface area contributed by atoms with Gasteiger partial charge in [-0.25, -0.2) is 9.18 Å². The Kier molecular flexibility index (Phi) is 6.02. The van der Waals surface area contributed by atoms with Gasteiger partial charge in [-0.15, -0.1) is 0 Å². The zero-order valence-electron chi connectivity index (χ0n) is 15.6. The summed E-state index contributed by atoms with van der Waals surface area (Å²) in [5.74, 6) is -0.689. The second-order valence-corrected chi connectivity index (χ2v) is 5.97. The van der Waals surface area contributed by atoms with Crippen molar-refractivity contribution in [2.45, 2.75) is 19.9 Å². The summed E-state index contributed by atoms with van der Waals surface area (Å²) in [6, 6.07) is 1.31. The summed E-state index contributed by atoms with van der Waals surface area (Å²) in [7, 11) is 6.08. The minimum atomic E-state index is -0.554. The fourth-order valence-electron chi connectivity index (χ4n) is 2.81. The first-order valence-electron chi connectivity index (χ1n) is 8.18. The third-order valence-electron chi connectivity index (χ3n) is 4.14. The van der Waals surface area contributed by atoms with Crippen LogP contribution in [0.1, 0.15) is 18.1 Å². The third-order valence-corrected chi connectivity index (χ3v) is 4.14. The summed E-state index contributed by atoms with van der Waals surface area (Å²) < 4.78 is 26.6. The molecule has 0 atom stereocenters. The van der Waals surface area contributed by atoms with E-state index in [0.717, 1.165) is 0 Å². The summed E-state index contributed by atoms with van der Waals surface area (Å²) in [6.45, 7) is 2.44. The van der Waals surface area contributed by atoms with Gasteiger partial charge in [0.05, 0.1) is 26.2 Å². The van der Waals surface area contributed by atoms with Crippen molar-refractivity contribution in [2.75, 3.05) is 28.3 Å². The lowest BCUT2D eigenvalue weighted by molar-refractivity contribution is -0.134. The molecule has 26 heavy (non-hydrogen) atoms. The molecule has 0 saturated carbocycles. The maximum atomic E-state index is 14.8. The van der Waals surface area contributed by atoms with Crippen LogP contribution < -0.4 is 4.74 Å². The minimum absolute atomic E-state index is 0.0990. The largest absolute Gasteiger partial charge is 0.495 e. The van der Waals surface area contributed by atoms with Gasteiger partial charge in [0.2, 0.25) is 5.91 Å². The Hall–Kier alpha value is -2.83. The highest BCUT2D eigenvalue weighted by atomic mass is 19.1. The molecule has 0 bridgehead atoms. The number of aryl methyl sites for hydroxylation is 1. The lowest BCUT2D eigenvalue weighted by atomic mass is 10.0. The first-order valence-corrected chi connectivity index (χ1v) is 8.18. The second-order valence-electron chi connectivity index (χ2n) is 5.97. The van der Waals surface area contributed by atoms with E-state index in [4.69, 9.17) is 4.74 Å². The van der Waals surface area contributed by atoms with E-state index in [9.17, 15) is 14.0 Å². The first kappa shape index (κ1) is 19.5. The van der Waals surface area contributed by atoms with Crippen molar-refractivity contribution in [3.8, 4) is 5.75 Å². The minimum Gasteiger partial charge on any atom is -0.495 e. The summed E-state index contributed by atoms with van der Waals surface area (Å²) in [5, 5.41) is 0.536. The Bertz CT molecular complexity index is 868. The van der Waals surface area contributed by atoms with E-state index in [0.29, 0.717) is 34.3 Å². The SMILES string of the molecule is CCn1cc(CC(=O)N(C)C)c2c(OC)c(C=CC(=O)OC)cc(F)c21. The monoisotopic (exact) mass is 362 g/mol. The number of rotatable bonds is 6. The van der Waals surface area contributed by atoms with Crippen LogP contribution in [0.2, 0.25) is 0 Å². The van der Waals surface area contributed by atoms with Gasteiger partial charge in [0.1, 0.15) is 11.6 Å². The van der Waals surface area contributed by atoms with Crippen molar-refractivity contribution in [3.05, 3.63) is 35.3 Å². The van der Waals surface area contributed by atoms with Gasteiger partial charge in [-0.2, -0.15) is 0 Å². The van der Waals surface area contributed by atoms with E-state index in [1.54, 1.807) is 24.9 Å². The van der Waals surface area contributed by atoms with Crippen LogP contribution in [0.25, 0.3) is 17.0 Å². The highest BCUT2D eigenvalue weighted by Crippen LogP contribution is 2.37. The standard InChI is InChI=1S/C19H23FN2O4/c1-6-22-11-13(10-15(23)21(2)3)17-18(22)14(20)9-12(19(17)26-5)7-8-16(24)25-4/h7-9,11H,6,10H2,1-5H3. The van der Waals surface area contributed by atoms with Crippen molar-refractivity contribution in [1.82, 2.24) is 9.47 Å². The van der Waals surface area contributed by atoms with Crippen molar-refractivity contribution in [1.29, 1.82) is 0 Å². The van der Waals surface area contributed by atoms with Crippen molar-refractivity contribution in [3.63, 3.8) is 0 Å². The van der Waals surface area contributed by atoms with E-state index < -0.39 is 11.8 Å². The van der Waals surface area contributed by atoms with Crippen LogP contribution in [0.5, 0.6) is 5.75 Å². The van der Waals surface area contributed by atoms with E-state index in [-0.39, 0.29) is 12.3 Å². The van der Waals surface area contributed by atoms with Crippen LogP contribution in [0.15, 0.2) is 18.3 Å². The topological polar surface area (TPSA) is 60.8 Å². The van der Waals surface area contributed by atoms with Crippen molar-refractivity contribution in [2.24, 2.45) is 0 Å². The van der Waals surface area contributed by atoms with Gasteiger partial charge < -0.3 is 18.9 Å². The van der Waals surface area contributed by atoms with Gasteiger partial charge in [-0.1, -0.05) is 0 Å². The Labute approximate surface area is 151 Å². The fraction of sp³-hybridized carbons (Fsp3) is 0.368. The van der Waals surface area contributed by atoms with Crippen molar-refractivity contribution >= 4 is 28.9 Å². The molecule has 0 radical (unpaired) electrons. The van der Waals surface area contributed by atoms with Crippen molar-refractivity contribution < 1.29 is 23.5 Å². The lowest BCUT2D eigenvalue weighted by Crippen LogP contribution is -2.23. The van der Waals surface area contributed by atoms with E-state index >= 15 is 0 Å². The number of esters is 1. The van der Waals surface area contributed by atoms with Crippen LogP contribution in [0.3, 0.4) is 0 Å². The van der Waals surface area contributed by atoms with E-state index in [1.807, 2.05) is 6.92 Å². The average Bonchev–Trinajstić information content (AvgIpc) is 2.98. The van der Waals surface area contributed by atoms with E-state index in [1.165, 1.54) is 37.3 Å². The summed E-state index contributed by atoms with van der Waals surface area (Å²) in [6.07, 6.45) is 4.53. The number of amides is 1. The van der Waals surface area contributed by atoms with Crippen LogP contribution in [-0.4, -0.2) is 49.7 Å². The molecule has 0 aliphatic heterocycles. The molecule has 1 aromatic carbocycles. The number of benzene rings is 1. The molecular formula is C19H23FN2O4. The molecule has 1 heterocycles. The number of hydrogen-bond acceptors (Lipinski definition) is 4. The lowest BCUT2D eigenvalue weighted by Gasteiger charge is -2.12. The van der Waals surface area contributed by atoms with Crippen LogP contribution >= 0.6 is 0 Å². The number of halogens is 1. The van der Waals surface area contributed by atoms with Gasteiger partial charge >= 0.3 is 5.97 Å². The molecular weight excluding hydrogens is 339 g/mol. The number of aromatic nitrogens is 1. The molecule has 0 saturated heterocycles. The Balaban J connectivity index is 2.73. The van der Waals surface area contributed by atoms with Crippen LogP contribution in [0, 0.1) is 5.82 Å². The third kappa shape index (κ3) is 3.71. The fourth-order valence-corrected chi connectivity index (χ4v) is 2.81. The first-order chi connectivity index (χ1) is 12.3. The Morgan fingerprint density at radius 3 is 2.54 bits per heavy atom. The van der Waals surface area contributed by atoms with Crippen LogP contribution in [0.4, 0.5) is 4.39 Å². The van der Waals surface area contributed by atoms with Gasteiger partial charge in [0.15, 0.2) is 0 Å². The molecule has 0 unspecified atom stereocenters. The molecule has 0 aliphatic rings. The maximum Gasteiger partial charge on any atom is 0.330 e. The number of hydrogen-bond donors (Lipinski definition) is 0. The van der Waals surface area contributed by atoms with E-state index in [2.05, 4.69) is 4.74 Å². The normalized spacial score (nSPS) is 11.2. The molecule has 2 aromatic rings. The Morgan fingerprint density at radius 1 is 1.31 bits per heavy atom. The highest BCUT2D eigenvalue weighted by molar-refractivity contribution is 5.97. The summed E-state index contributed by atoms with van der Waals surface area (Å²) >= 11 is 0. The predicted octanol–water partition coefficient (Wildman–Crippen LogP) is 2.63. The number of likely N-dealkylation sites (N-methyl/N-ethyl adjacent to an activating group) is 1. The second kappa shape index (κ2) is 8.03. The molecule has 1 aromatic heterocycles. The Morgan fingerprint density at radius 2 is 2.00 bits per heavy atom. The molecule has 2 rings (SSSR count). The molecule has 1 amide bonds. The van der Waals surface area contributed by atoms with Gasteiger partial charge in [0.25, 0.3) is 0 Å². The highest BCUT2D eigenvalue weighted by Gasteiger charge is 2.21. The number of methoxy groups -OCH3 is 2. The number of fused-ring (bicyclic) bond motifs is 1. The predicted molar refractivity (Wildman–Crippen MR) is 97.6 cm³/mol. The molecule has 7 heteroatoms. The number of ether oxygens (including phenoxy) is 2. The average molecular weight is 362 g/mol. The zero-order chi connectivity index (χ0) is 19.4. The number of carbonyl (C=O) groups excluding carboxylic acids is 2. The van der Waals surface area contributed by atoms with Crippen LogP contribution in [-0.2, 0) is 27.3 Å². The molecule has 6 nitrogen and oxygen atoms in total. The molecule has 0 fully saturated rings. The van der Waals surface area contributed by atoms with Gasteiger partial charge in [-0.05, 0) is 24.6 Å². The zero-order valence-corrected chi connectivity index (χ0v) is 15.6. The summed E-state index contributed by atoms with van der Waals surface area (Å²) in [4.78, 5) is 25.0. The van der Waals surface area contributed by atoms with Gasteiger partial charge in [-0.3, -0.25) is 4.79 Å². The summed E-state index contributed by atoms with van der Waals surface area (Å²) in [5.41, 5.74) is 1.45. The molecule has 140 valence electrons. The number of carbonyl (C=O) groups is 2. The quantitative estimate of drug-likeness (QED) is 0.585. The number of nitrogens with zero attached hydrogens (tertiary/aromatic N) is 2. The smallest absolute Gasteiger partial charge is 0.330 e. The van der Waals surface area contributed by atoms with Gasteiger partial charge in [0, 0.05) is 43.9 Å². The molecule has 0 spiro atoms.